The molecule has 4 aromatic rings. The lowest BCUT2D eigenvalue weighted by Crippen LogP contribution is -1.94. The number of nitrogens with zero attached hydrogens (tertiary/aromatic N) is 4. The van der Waals surface area contributed by atoms with Crippen LogP contribution in [0, 0.1) is 24.1 Å². The van der Waals surface area contributed by atoms with Crippen LogP contribution < -0.4 is 0 Å². The number of nitriles is 1. The SMILES string of the molecule is Cc1nn(-c2nc(-c3ccc(Cl)c(C#N)c3)c(SC(C)C)s2)cc1-c1cccc(F)c1. The molecule has 8 heteroatoms. The summed E-state index contributed by atoms with van der Waals surface area (Å²) in [5.74, 6) is -0.284. The number of benzene rings is 2. The van der Waals surface area contributed by atoms with Gasteiger partial charge in [-0.05, 0) is 36.8 Å². The van der Waals surface area contributed by atoms with Gasteiger partial charge in [0.25, 0.3) is 0 Å². The Morgan fingerprint density at radius 3 is 2.71 bits per heavy atom. The molecule has 0 N–H and O–H groups in total. The molecule has 0 radical (unpaired) electrons. The van der Waals surface area contributed by atoms with Gasteiger partial charge in [-0.1, -0.05) is 55.0 Å². The summed E-state index contributed by atoms with van der Waals surface area (Å²) in [6.45, 7) is 6.14. The quantitative estimate of drug-likeness (QED) is 0.292. The third-order valence-corrected chi connectivity index (χ3v) is 7.11. The van der Waals surface area contributed by atoms with E-state index in [9.17, 15) is 9.65 Å². The summed E-state index contributed by atoms with van der Waals surface area (Å²) in [7, 11) is 0. The maximum Gasteiger partial charge on any atom is 0.211 e. The van der Waals surface area contributed by atoms with Gasteiger partial charge in [-0.2, -0.15) is 10.4 Å². The van der Waals surface area contributed by atoms with Crippen molar-refractivity contribution in [2.45, 2.75) is 30.2 Å². The van der Waals surface area contributed by atoms with Gasteiger partial charge >= 0.3 is 0 Å². The molecule has 0 spiro atoms. The van der Waals surface area contributed by atoms with Crippen LogP contribution in [-0.4, -0.2) is 20.0 Å². The summed E-state index contributed by atoms with van der Waals surface area (Å²) in [5.41, 5.74) is 4.46. The second-order valence-electron chi connectivity index (χ2n) is 7.19. The van der Waals surface area contributed by atoms with E-state index in [0.717, 1.165) is 32.3 Å². The summed E-state index contributed by atoms with van der Waals surface area (Å²) in [4.78, 5) is 4.85. The molecule has 0 amide bonds. The molecule has 2 heterocycles. The van der Waals surface area contributed by atoms with Crippen LogP contribution >= 0.6 is 34.7 Å². The highest BCUT2D eigenvalue weighted by molar-refractivity contribution is 8.01. The zero-order valence-electron chi connectivity index (χ0n) is 17.1. The molecule has 0 unspecified atom stereocenters. The van der Waals surface area contributed by atoms with E-state index >= 15 is 0 Å². The van der Waals surface area contributed by atoms with Gasteiger partial charge in [0.2, 0.25) is 5.13 Å². The van der Waals surface area contributed by atoms with Crippen LogP contribution in [0.4, 0.5) is 4.39 Å². The van der Waals surface area contributed by atoms with E-state index in [-0.39, 0.29) is 5.82 Å². The van der Waals surface area contributed by atoms with Gasteiger partial charge in [0.1, 0.15) is 11.9 Å². The lowest BCUT2D eigenvalue weighted by Gasteiger charge is -2.05. The highest BCUT2D eigenvalue weighted by atomic mass is 35.5. The third-order valence-electron chi connectivity index (χ3n) is 4.52. The Morgan fingerprint density at radius 2 is 2.00 bits per heavy atom. The van der Waals surface area contributed by atoms with Crippen LogP contribution in [0.2, 0.25) is 5.02 Å². The van der Waals surface area contributed by atoms with E-state index in [1.807, 2.05) is 25.3 Å². The number of hydrogen-bond donors (Lipinski definition) is 0. The van der Waals surface area contributed by atoms with E-state index in [2.05, 4.69) is 25.0 Å². The molecule has 0 bridgehead atoms. The van der Waals surface area contributed by atoms with Gasteiger partial charge in [-0.3, -0.25) is 0 Å². The fraction of sp³-hybridized carbons (Fsp3) is 0.174. The fourth-order valence-corrected chi connectivity index (χ4v) is 5.73. The van der Waals surface area contributed by atoms with E-state index in [1.54, 1.807) is 34.6 Å². The minimum Gasteiger partial charge on any atom is -0.217 e. The summed E-state index contributed by atoms with van der Waals surface area (Å²) in [6, 6.07) is 14.0. The van der Waals surface area contributed by atoms with Crippen molar-refractivity contribution in [3.05, 3.63) is 70.8 Å². The van der Waals surface area contributed by atoms with Crippen LogP contribution in [0.3, 0.4) is 0 Å². The Labute approximate surface area is 193 Å². The van der Waals surface area contributed by atoms with Crippen molar-refractivity contribution in [1.82, 2.24) is 14.8 Å². The Kier molecular flexibility index (Phi) is 6.15. The van der Waals surface area contributed by atoms with Gasteiger partial charge in [0.15, 0.2) is 0 Å². The summed E-state index contributed by atoms with van der Waals surface area (Å²) in [6.07, 6.45) is 1.87. The Morgan fingerprint density at radius 1 is 1.19 bits per heavy atom. The number of halogens is 2. The maximum atomic E-state index is 13.7. The summed E-state index contributed by atoms with van der Waals surface area (Å²) < 4.78 is 16.5. The predicted molar refractivity (Wildman–Crippen MR) is 126 cm³/mol. The molecule has 156 valence electrons. The predicted octanol–water partition coefficient (Wildman–Crippen LogP) is 7.14. The van der Waals surface area contributed by atoms with Crippen molar-refractivity contribution >= 4 is 34.7 Å². The summed E-state index contributed by atoms with van der Waals surface area (Å²) >= 11 is 9.36. The molecular formula is C23H18ClFN4S2. The maximum absolute atomic E-state index is 13.7. The molecule has 2 aromatic heterocycles. The first-order valence-corrected chi connectivity index (χ1v) is 11.6. The highest BCUT2D eigenvalue weighted by Gasteiger charge is 2.19. The van der Waals surface area contributed by atoms with Crippen LogP contribution in [0.1, 0.15) is 25.1 Å². The fourth-order valence-electron chi connectivity index (χ4n) is 3.13. The number of thiazole rings is 1. The number of rotatable bonds is 5. The normalized spacial score (nSPS) is 11.1. The minimum absolute atomic E-state index is 0.284. The molecule has 4 nitrogen and oxygen atoms in total. The minimum atomic E-state index is -0.284. The third kappa shape index (κ3) is 4.52. The first-order valence-electron chi connectivity index (χ1n) is 9.56. The first-order chi connectivity index (χ1) is 14.9. The van der Waals surface area contributed by atoms with Gasteiger partial charge in [0.05, 0.1) is 26.2 Å². The smallest absolute Gasteiger partial charge is 0.211 e. The highest BCUT2D eigenvalue weighted by Crippen LogP contribution is 2.40. The molecule has 0 fully saturated rings. The molecule has 4 rings (SSSR count). The van der Waals surface area contributed by atoms with E-state index in [0.29, 0.717) is 21.0 Å². The Bertz CT molecular complexity index is 1300. The summed E-state index contributed by atoms with van der Waals surface area (Å²) in [5, 5.41) is 15.5. The molecule has 0 atom stereocenters. The van der Waals surface area contributed by atoms with Crippen molar-refractivity contribution in [1.29, 1.82) is 5.26 Å². The standard InChI is InChI=1S/C23H18ClFN4S2/c1-13(2)30-22-21(16-7-8-20(24)17(9-16)11-26)27-23(31-22)29-12-19(14(3)28-29)15-5-4-6-18(25)10-15/h4-10,12-13H,1-3H3. The van der Waals surface area contributed by atoms with Crippen LogP contribution in [0.15, 0.2) is 52.9 Å². The van der Waals surface area contributed by atoms with Crippen molar-refractivity contribution in [3.63, 3.8) is 0 Å². The van der Waals surface area contributed by atoms with E-state index in [4.69, 9.17) is 16.6 Å². The molecule has 0 saturated heterocycles. The van der Waals surface area contributed by atoms with Gasteiger partial charge in [-0.15, -0.1) is 11.8 Å². The van der Waals surface area contributed by atoms with Crippen molar-refractivity contribution in [2.75, 3.05) is 0 Å². The molecule has 0 aliphatic heterocycles. The lowest BCUT2D eigenvalue weighted by molar-refractivity contribution is 0.628. The Balaban J connectivity index is 1.80. The molecular weight excluding hydrogens is 451 g/mol. The Hall–Kier alpha value is -2.66. The number of hydrogen-bond acceptors (Lipinski definition) is 5. The molecule has 31 heavy (non-hydrogen) atoms. The van der Waals surface area contributed by atoms with Crippen molar-refractivity contribution in [2.24, 2.45) is 0 Å². The van der Waals surface area contributed by atoms with Gasteiger partial charge in [-0.25, -0.2) is 14.1 Å². The second kappa shape index (κ2) is 8.83. The average molecular weight is 469 g/mol. The second-order valence-corrected chi connectivity index (χ2v) is 10.4. The first kappa shape index (κ1) is 21.6. The van der Waals surface area contributed by atoms with E-state index < -0.39 is 0 Å². The van der Waals surface area contributed by atoms with E-state index in [1.165, 1.54) is 23.5 Å². The van der Waals surface area contributed by atoms with Crippen LogP contribution in [0.5, 0.6) is 0 Å². The topological polar surface area (TPSA) is 54.5 Å². The monoisotopic (exact) mass is 468 g/mol. The zero-order valence-corrected chi connectivity index (χ0v) is 19.4. The molecule has 0 aliphatic rings. The largest absolute Gasteiger partial charge is 0.217 e. The van der Waals surface area contributed by atoms with Crippen molar-refractivity contribution < 1.29 is 4.39 Å². The lowest BCUT2D eigenvalue weighted by atomic mass is 10.1. The number of thioether (sulfide) groups is 1. The van der Waals surface area contributed by atoms with Crippen molar-refractivity contribution in [3.8, 4) is 33.6 Å². The van der Waals surface area contributed by atoms with Gasteiger partial charge in [0, 0.05) is 22.6 Å². The number of aryl methyl sites for hydroxylation is 1. The molecule has 2 aromatic carbocycles. The molecule has 0 saturated carbocycles. The number of aromatic nitrogens is 3. The van der Waals surface area contributed by atoms with Gasteiger partial charge < -0.3 is 0 Å². The average Bonchev–Trinajstić information content (AvgIpc) is 3.31. The van der Waals surface area contributed by atoms with Crippen LogP contribution in [0.25, 0.3) is 27.5 Å². The zero-order chi connectivity index (χ0) is 22.1. The van der Waals surface area contributed by atoms with Crippen LogP contribution in [-0.2, 0) is 0 Å². The molecule has 0 aliphatic carbocycles.